The van der Waals surface area contributed by atoms with Gasteiger partial charge in [-0.2, -0.15) is 4.98 Å². The predicted molar refractivity (Wildman–Crippen MR) is 88.8 cm³/mol. The summed E-state index contributed by atoms with van der Waals surface area (Å²) in [6, 6.07) is 3.75. The molecule has 1 saturated heterocycles. The molecule has 0 amide bonds. The van der Waals surface area contributed by atoms with Crippen LogP contribution in [0.4, 0.5) is 5.82 Å². The molecular formula is C17H22N4O3. The van der Waals surface area contributed by atoms with Gasteiger partial charge in [0.25, 0.3) is 5.89 Å². The van der Waals surface area contributed by atoms with Crippen molar-refractivity contribution in [2.75, 3.05) is 18.0 Å². The minimum Gasteiger partial charge on any atom is -0.481 e. The standard InChI is InChI=1S/C17H22N4O3/c1-17(2,3)16-19-14(24-20-16)12-5-4-8-18-13(12)21-9-6-11(7-10-21)15(22)23/h4-5,8,11H,6-7,9-10H2,1-3H3,(H,22,23). The van der Waals surface area contributed by atoms with Crippen LogP contribution in [-0.4, -0.2) is 39.3 Å². The van der Waals surface area contributed by atoms with Crippen LogP contribution in [-0.2, 0) is 10.2 Å². The summed E-state index contributed by atoms with van der Waals surface area (Å²) in [5.41, 5.74) is 0.596. The molecule has 0 unspecified atom stereocenters. The van der Waals surface area contributed by atoms with Gasteiger partial charge in [0.15, 0.2) is 5.82 Å². The van der Waals surface area contributed by atoms with E-state index in [2.05, 4.69) is 20.0 Å². The first-order valence-corrected chi connectivity index (χ1v) is 8.13. The highest BCUT2D eigenvalue weighted by atomic mass is 16.5. The van der Waals surface area contributed by atoms with Gasteiger partial charge in [0.2, 0.25) is 0 Å². The minimum absolute atomic E-state index is 0.191. The van der Waals surface area contributed by atoms with Crippen molar-refractivity contribution >= 4 is 11.8 Å². The summed E-state index contributed by atoms with van der Waals surface area (Å²) in [5.74, 6) is 0.873. The monoisotopic (exact) mass is 330 g/mol. The topological polar surface area (TPSA) is 92.4 Å². The molecule has 0 aliphatic carbocycles. The zero-order valence-corrected chi connectivity index (χ0v) is 14.2. The molecule has 0 aromatic carbocycles. The Morgan fingerprint density at radius 3 is 2.62 bits per heavy atom. The van der Waals surface area contributed by atoms with Crippen molar-refractivity contribution in [1.82, 2.24) is 15.1 Å². The third kappa shape index (κ3) is 3.25. The molecule has 3 heterocycles. The van der Waals surface area contributed by atoms with Crippen molar-refractivity contribution in [2.45, 2.75) is 39.0 Å². The molecule has 24 heavy (non-hydrogen) atoms. The number of carboxylic acid groups (broad SMARTS) is 1. The summed E-state index contributed by atoms with van der Waals surface area (Å²) < 4.78 is 5.45. The van der Waals surface area contributed by atoms with Gasteiger partial charge in [0.05, 0.1) is 11.5 Å². The highest BCUT2D eigenvalue weighted by Crippen LogP contribution is 2.32. The van der Waals surface area contributed by atoms with Gasteiger partial charge in [-0.05, 0) is 25.0 Å². The molecule has 3 rings (SSSR count). The number of pyridine rings is 1. The van der Waals surface area contributed by atoms with E-state index in [4.69, 9.17) is 9.63 Å². The molecule has 2 aromatic heterocycles. The second-order valence-electron chi connectivity index (χ2n) is 7.15. The van der Waals surface area contributed by atoms with Crippen LogP contribution >= 0.6 is 0 Å². The van der Waals surface area contributed by atoms with Crippen LogP contribution in [0.2, 0.25) is 0 Å². The number of piperidine rings is 1. The van der Waals surface area contributed by atoms with E-state index in [9.17, 15) is 4.79 Å². The fourth-order valence-corrected chi connectivity index (χ4v) is 2.79. The second-order valence-corrected chi connectivity index (χ2v) is 7.15. The van der Waals surface area contributed by atoms with Crippen LogP contribution in [0.5, 0.6) is 0 Å². The highest BCUT2D eigenvalue weighted by Gasteiger charge is 2.28. The Bertz CT molecular complexity index is 727. The zero-order chi connectivity index (χ0) is 17.3. The van der Waals surface area contributed by atoms with Crippen LogP contribution < -0.4 is 4.90 Å². The number of aromatic nitrogens is 3. The Kier molecular flexibility index (Phi) is 4.26. The molecule has 1 fully saturated rings. The molecule has 0 atom stereocenters. The van der Waals surface area contributed by atoms with Crippen molar-refractivity contribution in [3.05, 3.63) is 24.2 Å². The smallest absolute Gasteiger partial charge is 0.306 e. The number of nitrogens with zero attached hydrogens (tertiary/aromatic N) is 4. The zero-order valence-electron chi connectivity index (χ0n) is 14.2. The summed E-state index contributed by atoms with van der Waals surface area (Å²) in [4.78, 5) is 22.2. The predicted octanol–water partition coefficient (Wildman–Crippen LogP) is 2.73. The summed E-state index contributed by atoms with van der Waals surface area (Å²) in [5, 5.41) is 13.2. The molecule has 1 aliphatic rings. The van der Waals surface area contributed by atoms with E-state index in [-0.39, 0.29) is 11.3 Å². The largest absolute Gasteiger partial charge is 0.481 e. The van der Waals surface area contributed by atoms with Crippen molar-refractivity contribution in [2.24, 2.45) is 5.92 Å². The highest BCUT2D eigenvalue weighted by molar-refractivity contribution is 5.72. The second kappa shape index (κ2) is 6.22. The van der Waals surface area contributed by atoms with E-state index in [1.54, 1.807) is 6.20 Å². The Hall–Kier alpha value is -2.44. The van der Waals surface area contributed by atoms with Gasteiger partial charge in [0.1, 0.15) is 5.82 Å². The third-order valence-electron chi connectivity index (χ3n) is 4.26. The number of hydrogen-bond donors (Lipinski definition) is 1. The van der Waals surface area contributed by atoms with Gasteiger partial charge < -0.3 is 14.5 Å². The lowest BCUT2D eigenvalue weighted by molar-refractivity contribution is -0.142. The molecule has 1 N–H and O–H groups in total. The van der Waals surface area contributed by atoms with Gasteiger partial charge in [-0.15, -0.1) is 0 Å². The van der Waals surface area contributed by atoms with Crippen LogP contribution in [0.3, 0.4) is 0 Å². The van der Waals surface area contributed by atoms with Crippen molar-refractivity contribution in [3.63, 3.8) is 0 Å². The first-order chi connectivity index (χ1) is 11.4. The molecule has 0 bridgehead atoms. The van der Waals surface area contributed by atoms with Crippen LogP contribution in [0, 0.1) is 5.92 Å². The molecule has 0 saturated carbocycles. The van der Waals surface area contributed by atoms with E-state index in [0.717, 1.165) is 11.4 Å². The summed E-state index contributed by atoms with van der Waals surface area (Å²) in [6.45, 7) is 7.40. The third-order valence-corrected chi connectivity index (χ3v) is 4.26. The molecule has 1 aliphatic heterocycles. The lowest BCUT2D eigenvalue weighted by Gasteiger charge is -2.31. The first kappa shape index (κ1) is 16.4. The number of aliphatic carboxylic acids is 1. The molecule has 7 nitrogen and oxygen atoms in total. The molecule has 0 radical (unpaired) electrons. The fraction of sp³-hybridized carbons (Fsp3) is 0.529. The normalized spacial score (nSPS) is 16.4. The maximum absolute atomic E-state index is 11.1. The summed E-state index contributed by atoms with van der Waals surface area (Å²) in [7, 11) is 0. The average molecular weight is 330 g/mol. The van der Waals surface area contributed by atoms with Gasteiger partial charge in [-0.1, -0.05) is 25.9 Å². The van der Waals surface area contributed by atoms with E-state index >= 15 is 0 Å². The van der Waals surface area contributed by atoms with E-state index in [0.29, 0.717) is 37.6 Å². The minimum atomic E-state index is -0.720. The van der Waals surface area contributed by atoms with E-state index in [1.807, 2.05) is 32.9 Å². The lowest BCUT2D eigenvalue weighted by atomic mass is 9.96. The van der Waals surface area contributed by atoms with Crippen LogP contribution in [0.1, 0.15) is 39.4 Å². The van der Waals surface area contributed by atoms with E-state index < -0.39 is 5.97 Å². The SMILES string of the molecule is CC(C)(C)c1noc(-c2cccnc2N2CCC(C(=O)O)CC2)n1. The van der Waals surface area contributed by atoms with E-state index in [1.165, 1.54) is 0 Å². The Morgan fingerprint density at radius 1 is 1.33 bits per heavy atom. The van der Waals surface area contributed by atoms with Gasteiger partial charge in [-0.25, -0.2) is 4.98 Å². The van der Waals surface area contributed by atoms with Crippen molar-refractivity contribution in [1.29, 1.82) is 0 Å². The Labute approximate surface area is 140 Å². The molecular weight excluding hydrogens is 308 g/mol. The Morgan fingerprint density at radius 2 is 2.04 bits per heavy atom. The van der Waals surface area contributed by atoms with Crippen LogP contribution in [0.25, 0.3) is 11.5 Å². The summed E-state index contributed by atoms with van der Waals surface area (Å²) >= 11 is 0. The van der Waals surface area contributed by atoms with Gasteiger partial charge in [-0.3, -0.25) is 4.79 Å². The summed E-state index contributed by atoms with van der Waals surface area (Å²) in [6.07, 6.45) is 2.95. The number of carboxylic acids is 1. The average Bonchev–Trinajstić information content (AvgIpc) is 3.05. The lowest BCUT2D eigenvalue weighted by Crippen LogP contribution is -2.37. The van der Waals surface area contributed by atoms with Crippen molar-refractivity contribution in [3.8, 4) is 11.5 Å². The Balaban J connectivity index is 1.87. The quantitative estimate of drug-likeness (QED) is 0.925. The molecule has 0 spiro atoms. The maximum Gasteiger partial charge on any atom is 0.306 e. The number of carbonyl (C=O) groups is 1. The molecule has 2 aromatic rings. The van der Waals surface area contributed by atoms with Gasteiger partial charge in [0, 0.05) is 24.7 Å². The number of hydrogen-bond acceptors (Lipinski definition) is 6. The molecule has 7 heteroatoms. The first-order valence-electron chi connectivity index (χ1n) is 8.13. The fourth-order valence-electron chi connectivity index (χ4n) is 2.79. The van der Waals surface area contributed by atoms with Gasteiger partial charge >= 0.3 is 5.97 Å². The number of anilines is 1. The van der Waals surface area contributed by atoms with Crippen molar-refractivity contribution < 1.29 is 14.4 Å². The number of rotatable bonds is 3. The molecule has 128 valence electrons. The van der Waals surface area contributed by atoms with Crippen LogP contribution in [0.15, 0.2) is 22.9 Å². The maximum atomic E-state index is 11.1.